The summed E-state index contributed by atoms with van der Waals surface area (Å²) in [4.78, 5) is 11.6. The van der Waals surface area contributed by atoms with Gasteiger partial charge in [0.2, 0.25) is 0 Å². The van der Waals surface area contributed by atoms with E-state index in [0.717, 1.165) is 16.9 Å². The van der Waals surface area contributed by atoms with Gasteiger partial charge in [-0.25, -0.2) is 4.68 Å². The molecule has 100 valence electrons. The molecule has 0 aliphatic carbocycles. The summed E-state index contributed by atoms with van der Waals surface area (Å²) in [6.45, 7) is 3.19. The molecule has 0 bridgehead atoms. The number of benzene rings is 1. The Bertz CT molecular complexity index is 590. The lowest BCUT2D eigenvalue weighted by molar-refractivity contribution is 0.287. The predicted octanol–water partition coefficient (Wildman–Crippen LogP) is 1.09. The molecule has 0 saturated heterocycles. The van der Waals surface area contributed by atoms with E-state index in [1.54, 1.807) is 12.3 Å². The quantitative estimate of drug-likeness (QED) is 0.872. The summed E-state index contributed by atoms with van der Waals surface area (Å²) in [7, 11) is 0. The highest BCUT2D eigenvalue weighted by Crippen LogP contribution is 2.11. The summed E-state index contributed by atoms with van der Waals surface area (Å²) >= 11 is 0. The first-order chi connectivity index (χ1) is 9.19. The Balaban J connectivity index is 1.90. The van der Waals surface area contributed by atoms with Crippen LogP contribution in [0.25, 0.3) is 0 Å². The average Bonchev–Trinajstić information content (AvgIpc) is 2.42. The zero-order valence-electron chi connectivity index (χ0n) is 10.9. The Hall–Kier alpha value is -2.14. The minimum absolute atomic E-state index is 0.109. The van der Waals surface area contributed by atoms with E-state index in [2.05, 4.69) is 5.10 Å². The van der Waals surface area contributed by atoms with Crippen LogP contribution in [0.4, 0.5) is 0 Å². The maximum Gasteiger partial charge on any atom is 0.267 e. The van der Waals surface area contributed by atoms with Crippen LogP contribution in [0.2, 0.25) is 0 Å². The van der Waals surface area contributed by atoms with Crippen molar-refractivity contribution in [2.45, 2.75) is 20.0 Å². The molecule has 0 amide bonds. The molecule has 0 aliphatic rings. The first kappa shape index (κ1) is 13.3. The minimum Gasteiger partial charge on any atom is -0.492 e. The third-order valence-electron chi connectivity index (χ3n) is 2.74. The molecule has 5 heteroatoms. The number of ether oxygens (including phenoxy) is 1. The molecular weight excluding hydrogens is 242 g/mol. The first-order valence-electron chi connectivity index (χ1n) is 6.14. The molecule has 2 rings (SSSR count). The number of aromatic nitrogens is 2. The van der Waals surface area contributed by atoms with Crippen LogP contribution in [0.3, 0.4) is 0 Å². The Morgan fingerprint density at radius 3 is 2.68 bits per heavy atom. The van der Waals surface area contributed by atoms with Gasteiger partial charge in [0.15, 0.2) is 0 Å². The molecular formula is C14H17N3O2. The SMILES string of the molecule is Cc1cnn(CCOc2ccc(CN)cc2)c(=O)c1. The van der Waals surface area contributed by atoms with E-state index in [4.69, 9.17) is 10.5 Å². The largest absolute Gasteiger partial charge is 0.492 e. The first-order valence-corrected chi connectivity index (χ1v) is 6.14. The van der Waals surface area contributed by atoms with Crippen LogP contribution in [-0.2, 0) is 13.1 Å². The van der Waals surface area contributed by atoms with Crippen molar-refractivity contribution in [3.63, 3.8) is 0 Å². The Morgan fingerprint density at radius 2 is 2.05 bits per heavy atom. The summed E-state index contributed by atoms with van der Waals surface area (Å²) in [6.07, 6.45) is 1.66. The van der Waals surface area contributed by atoms with Crippen molar-refractivity contribution in [2.24, 2.45) is 5.73 Å². The van der Waals surface area contributed by atoms with Crippen LogP contribution in [0.1, 0.15) is 11.1 Å². The van der Waals surface area contributed by atoms with Gasteiger partial charge in [0.1, 0.15) is 12.4 Å². The molecule has 1 aromatic carbocycles. The normalized spacial score (nSPS) is 10.4. The van der Waals surface area contributed by atoms with E-state index in [-0.39, 0.29) is 5.56 Å². The molecule has 0 fully saturated rings. The van der Waals surface area contributed by atoms with E-state index in [9.17, 15) is 4.79 Å². The number of hydrogen-bond acceptors (Lipinski definition) is 4. The highest BCUT2D eigenvalue weighted by molar-refractivity contribution is 5.27. The molecule has 19 heavy (non-hydrogen) atoms. The van der Waals surface area contributed by atoms with Gasteiger partial charge in [0, 0.05) is 12.6 Å². The summed E-state index contributed by atoms with van der Waals surface area (Å²) in [5.74, 6) is 0.761. The Labute approximate surface area is 111 Å². The summed E-state index contributed by atoms with van der Waals surface area (Å²) < 4.78 is 6.94. The monoisotopic (exact) mass is 259 g/mol. The molecule has 5 nitrogen and oxygen atoms in total. The van der Waals surface area contributed by atoms with Crippen LogP contribution >= 0.6 is 0 Å². The second-order valence-corrected chi connectivity index (χ2v) is 4.29. The van der Waals surface area contributed by atoms with Crippen molar-refractivity contribution in [1.82, 2.24) is 9.78 Å². The van der Waals surface area contributed by atoms with E-state index in [1.165, 1.54) is 4.68 Å². The van der Waals surface area contributed by atoms with E-state index in [0.29, 0.717) is 19.7 Å². The molecule has 0 spiro atoms. The van der Waals surface area contributed by atoms with Crippen molar-refractivity contribution in [3.05, 3.63) is 58.0 Å². The number of nitrogens with two attached hydrogens (primary N) is 1. The van der Waals surface area contributed by atoms with Crippen LogP contribution in [-0.4, -0.2) is 16.4 Å². The second-order valence-electron chi connectivity index (χ2n) is 4.29. The molecule has 0 atom stereocenters. The van der Waals surface area contributed by atoms with Gasteiger partial charge >= 0.3 is 0 Å². The highest BCUT2D eigenvalue weighted by atomic mass is 16.5. The second kappa shape index (κ2) is 6.15. The predicted molar refractivity (Wildman–Crippen MR) is 73.1 cm³/mol. The van der Waals surface area contributed by atoms with Crippen LogP contribution in [0, 0.1) is 6.92 Å². The molecule has 0 saturated carbocycles. The molecule has 0 unspecified atom stereocenters. The van der Waals surface area contributed by atoms with Crippen molar-refractivity contribution in [3.8, 4) is 5.75 Å². The van der Waals surface area contributed by atoms with Gasteiger partial charge in [-0.2, -0.15) is 5.10 Å². The number of nitrogens with zero attached hydrogens (tertiary/aromatic N) is 2. The van der Waals surface area contributed by atoms with E-state index < -0.39 is 0 Å². The number of rotatable bonds is 5. The zero-order valence-corrected chi connectivity index (χ0v) is 10.9. The fourth-order valence-electron chi connectivity index (χ4n) is 1.66. The molecule has 2 aromatic rings. The molecule has 1 heterocycles. The third kappa shape index (κ3) is 3.66. The van der Waals surface area contributed by atoms with Crippen LogP contribution in [0.5, 0.6) is 5.75 Å². The lowest BCUT2D eigenvalue weighted by atomic mass is 10.2. The molecule has 2 N–H and O–H groups in total. The fourth-order valence-corrected chi connectivity index (χ4v) is 1.66. The average molecular weight is 259 g/mol. The Morgan fingerprint density at radius 1 is 1.32 bits per heavy atom. The topological polar surface area (TPSA) is 70.1 Å². The van der Waals surface area contributed by atoms with Gasteiger partial charge in [-0.1, -0.05) is 12.1 Å². The van der Waals surface area contributed by atoms with Crippen LogP contribution in [0.15, 0.2) is 41.3 Å². The smallest absolute Gasteiger partial charge is 0.267 e. The summed E-state index contributed by atoms with van der Waals surface area (Å²) in [6, 6.07) is 9.14. The maximum atomic E-state index is 11.6. The van der Waals surface area contributed by atoms with Gasteiger partial charge in [0.25, 0.3) is 5.56 Å². The lowest BCUT2D eigenvalue weighted by Gasteiger charge is -2.08. The summed E-state index contributed by atoms with van der Waals surface area (Å²) in [5, 5.41) is 4.04. The van der Waals surface area contributed by atoms with Crippen molar-refractivity contribution >= 4 is 0 Å². The van der Waals surface area contributed by atoms with Crippen LogP contribution < -0.4 is 16.0 Å². The summed E-state index contributed by atoms with van der Waals surface area (Å²) in [5.41, 5.74) is 7.33. The van der Waals surface area contributed by atoms with E-state index in [1.807, 2.05) is 31.2 Å². The third-order valence-corrected chi connectivity index (χ3v) is 2.74. The maximum absolute atomic E-state index is 11.6. The number of aryl methyl sites for hydroxylation is 1. The fraction of sp³-hybridized carbons (Fsp3) is 0.286. The van der Waals surface area contributed by atoms with Gasteiger partial charge in [-0.3, -0.25) is 4.79 Å². The standard InChI is InChI=1S/C14H17N3O2/c1-11-8-14(18)17(16-10-11)6-7-19-13-4-2-12(9-15)3-5-13/h2-5,8,10H,6-7,9,15H2,1H3. The Kier molecular flexibility index (Phi) is 4.30. The van der Waals surface area contributed by atoms with Crippen molar-refractivity contribution < 1.29 is 4.74 Å². The van der Waals surface area contributed by atoms with Gasteiger partial charge in [0.05, 0.1) is 12.7 Å². The number of hydrogen-bond donors (Lipinski definition) is 1. The van der Waals surface area contributed by atoms with Gasteiger partial charge in [-0.15, -0.1) is 0 Å². The molecule has 0 aliphatic heterocycles. The zero-order chi connectivity index (χ0) is 13.7. The lowest BCUT2D eigenvalue weighted by Crippen LogP contribution is -2.25. The molecule has 1 aromatic heterocycles. The van der Waals surface area contributed by atoms with Gasteiger partial charge in [-0.05, 0) is 30.2 Å². The molecule has 0 radical (unpaired) electrons. The van der Waals surface area contributed by atoms with Gasteiger partial charge < -0.3 is 10.5 Å². The van der Waals surface area contributed by atoms with E-state index >= 15 is 0 Å². The minimum atomic E-state index is -0.109. The highest BCUT2D eigenvalue weighted by Gasteiger charge is 1.99. The van der Waals surface area contributed by atoms with Crippen molar-refractivity contribution in [2.75, 3.05) is 6.61 Å². The van der Waals surface area contributed by atoms with Crippen molar-refractivity contribution in [1.29, 1.82) is 0 Å².